The maximum atomic E-state index is 5.60. The van der Waals surface area contributed by atoms with Gasteiger partial charge in [-0.25, -0.2) is 4.98 Å². The number of nitrogens with zero attached hydrogens (tertiary/aromatic N) is 1. The molecular weight excluding hydrogens is 310 g/mol. The standard InChI is InChI=1S/C18H17NOS2/c1-13(2)14-6-8-15(9-7-14)21-16-10-12-20-18(16)22-17-5-3-4-11-19-17/h3-13H,1-2H3. The minimum Gasteiger partial charge on any atom is -0.456 e. The van der Waals surface area contributed by atoms with E-state index in [2.05, 4.69) is 43.1 Å². The Bertz CT molecular complexity index is 720. The molecule has 2 nitrogen and oxygen atoms in total. The largest absolute Gasteiger partial charge is 0.456 e. The Labute approximate surface area is 139 Å². The topological polar surface area (TPSA) is 26.0 Å². The maximum absolute atomic E-state index is 5.60. The molecule has 0 spiro atoms. The molecule has 0 aliphatic heterocycles. The van der Waals surface area contributed by atoms with Crippen molar-refractivity contribution in [2.45, 2.75) is 39.7 Å². The zero-order valence-corrected chi connectivity index (χ0v) is 14.2. The number of benzene rings is 1. The van der Waals surface area contributed by atoms with Crippen LogP contribution in [0.1, 0.15) is 25.3 Å². The van der Waals surface area contributed by atoms with Gasteiger partial charge in [0.15, 0.2) is 5.09 Å². The van der Waals surface area contributed by atoms with Gasteiger partial charge in [-0.2, -0.15) is 0 Å². The number of hydrogen-bond acceptors (Lipinski definition) is 4. The summed E-state index contributed by atoms with van der Waals surface area (Å²) in [6.07, 6.45) is 3.53. The Hall–Kier alpha value is -1.65. The van der Waals surface area contributed by atoms with Crippen LogP contribution in [0, 0.1) is 0 Å². The summed E-state index contributed by atoms with van der Waals surface area (Å²) in [5, 5.41) is 1.83. The molecule has 2 aromatic heterocycles. The van der Waals surface area contributed by atoms with E-state index in [0.29, 0.717) is 5.92 Å². The first-order chi connectivity index (χ1) is 10.7. The fourth-order valence-corrected chi connectivity index (χ4v) is 3.74. The van der Waals surface area contributed by atoms with Crippen molar-refractivity contribution in [2.75, 3.05) is 0 Å². The molecule has 0 amide bonds. The third kappa shape index (κ3) is 3.76. The Morgan fingerprint density at radius 2 is 1.77 bits per heavy atom. The normalized spacial score (nSPS) is 11.0. The first-order valence-corrected chi connectivity index (χ1v) is 8.80. The molecule has 0 saturated carbocycles. The second-order valence-corrected chi connectivity index (χ2v) is 7.28. The second kappa shape index (κ2) is 7.07. The maximum Gasteiger partial charge on any atom is 0.180 e. The molecule has 22 heavy (non-hydrogen) atoms. The summed E-state index contributed by atoms with van der Waals surface area (Å²) in [6.45, 7) is 4.42. The molecule has 3 aromatic rings. The van der Waals surface area contributed by atoms with Crippen molar-refractivity contribution in [2.24, 2.45) is 0 Å². The molecule has 2 heterocycles. The smallest absolute Gasteiger partial charge is 0.180 e. The van der Waals surface area contributed by atoms with Crippen molar-refractivity contribution < 1.29 is 4.42 Å². The van der Waals surface area contributed by atoms with Gasteiger partial charge in [-0.15, -0.1) is 0 Å². The quantitative estimate of drug-likeness (QED) is 0.565. The number of furan rings is 1. The molecule has 0 fully saturated rings. The molecule has 0 aliphatic carbocycles. The number of aromatic nitrogens is 1. The zero-order chi connectivity index (χ0) is 15.4. The van der Waals surface area contributed by atoms with Gasteiger partial charge in [-0.3, -0.25) is 0 Å². The zero-order valence-electron chi connectivity index (χ0n) is 12.5. The number of pyridine rings is 1. The summed E-state index contributed by atoms with van der Waals surface area (Å²) < 4.78 is 5.60. The lowest BCUT2D eigenvalue weighted by molar-refractivity contribution is 0.462. The van der Waals surface area contributed by atoms with E-state index >= 15 is 0 Å². The summed E-state index contributed by atoms with van der Waals surface area (Å²) in [4.78, 5) is 6.66. The van der Waals surface area contributed by atoms with Crippen molar-refractivity contribution in [3.63, 3.8) is 0 Å². The van der Waals surface area contributed by atoms with Gasteiger partial charge in [0.2, 0.25) is 0 Å². The monoisotopic (exact) mass is 327 g/mol. The minimum absolute atomic E-state index is 0.559. The molecule has 3 rings (SSSR count). The number of hydrogen-bond donors (Lipinski definition) is 0. The molecule has 4 heteroatoms. The third-order valence-corrected chi connectivity index (χ3v) is 5.34. The molecule has 112 valence electrons. The third-order valence-electron chi connectivity index (χ3n) is 3.21. The summed E-state index contributed by atoms with van der Waals surface area (Å²) >= 11 is 3.27. The molecule has 0 N–H and O–H groups in total. The number of rotatable bonds is 5. The molecule has 1 aromatic carbocycles. The van der Waals surface area contributed by atoms with E-state index in [1.807, 2.05) is 24.3 Å². The van der Waals surface area contributed by atoms with Crippen LogP contribution in [-0.4, -0.2) is 4.98 Å². The predicted octanol–water partition coefficient (Wildman–Crippen LogP) is 6.10. The van der Waals surface area contributed by atoms with Gasteiger partial charge >= 0.3 is 0 Å². The summed E-state index contributed by atoms with van der Waals surface area (Å²) in [6, 6.07) is 16.6. The van der Waals surface area contributed by atoms with Crippen LogP contribution in [0.25, 0.3) is 0 Å². The Morgan fingerprint density at radius 1 is 0.955 bits per heavy atom. The van der Waals surface area contributed by atoms with Gasteiger partial charge in [0.05, 0.1) is 11.2 Å². The van der Waals surface area contributed by atoms with Crippen LogP contribution in [0.5, 0.6) is 0 Å². The van der Waals surface area contributed by atoms with Crippen LogP contribution >= 0.6 is 23.5 Å². The van der Waals surface area contributed by atoms with E-state index in [1.165, 1.54) is 10.5 Å². The molecule has 0 bridgehead atoms. The van der Waals surface area contributed by atoms with Gasteiger partial charge in [0, 0.05) is 11.1 Å². The van der Waals surface area contributed by atoms with E-state index in [1.54, 1.807) is 36.0 Å². The Kier molecular flexibility index (Phi) is 4.90. The van der Waals surface area contributed by atoms with Gasteiger partial charge in [-0.05, 0) is 53.6 Å². The van der Waals surface area contributed by atoms with Crippen molar-refractivity contribution >= 4 is 23.5 Å². The second-order valence-electron chi connectivity index (χ2n) is 5.17. The van der Waals surface area contributed by atoms with Crippen LogP contribution in [0.2, 0.25) is 0 Å². The SMILES string of the molecule is CC(C)c1ccc(Sc2ccoc2Sc2ccccn2)cc1. The van der Waals surface area contributed by atoms with Crippen LogP contribution in [0.3, 0.4) is 0 Å². The van der Waals surface area contributed by atoms with Gasteiger partial charge in [0.1, 0.15) is 5.03 Å². The van der Waals surface area contributed by atoms with E-state index in [-0.39, 0.29) is 0 Å². The lowest BCUT2D eigenvalue weighted by Gasteiger charge is -2.06. The van der Waals surface area contributed by atoms with Crippen molar-refractivity contribution in [3.8, 4) is 0 Å². The lowest BCUT2D eigenvalue weighted by atomic mass is 10.0. The molecular formula is C18H17NOS2. The average Bonchev–Trinajstić information content (AvgIpc) is 2.96. The van der Waals surface area contributed by atoms with E-state index in [9.17, 15) is 0 Å². The molecule has 0 saturated heterocycles. The van der Waals surface area contributed by atoms with Crippen molar-refractivity contribution in [1.29, 1.82) is 0 Å². The first kappa shape index (κ1) is 15.3. The van der Waals surface area contributed by atoms with Gasteiger partial charge in [-0.1, -0.05) is 43.8 Å². The van der Waals surface area contributed by atoms with Gasteiger partial charge < -0.3 is 4.42 Å². The van der Waals surface area contributed by atoms with Crippen LogP contribution in [0.4, 0.5) is 0 Å². The fourth-order valence-electron chi connectivity index (χ4n) is 1.98. The summed E-state index contributed by atoms with van der Waals surface area (Å²) in [7, 11) is 0. The summed E-state index contributed by atoms with van der Waals surface area (Å²) in [5.41, 5.74) is 1.36. The highest BCUT2D eigenvalue weighted by molar-refractivity contribution is 8.02. The highest BCUT2D eigenvalue weighted by atomic mass is 32.2. The Balaban J connectivity index is 1.75. The molecule has 0 aliphatic rings. The van der Waals surface area contributed by atoms with E-state index < -0.39 is 0 Å². The highest BCUT2D eigenvalue weighted by Gasteiger charge is 2.11. The van der Waals surface area contributed by atoms with Crippen molar-refractivity contribution in [3.05, 3.63) is 66.6 Å². The fraction of sp³-hybridized carbons (Fsp3) is 0.167. The lowest BCUT2D eigenvalue weighted by Crippen LogP contribution is -1.85. The van der Waals surface area contributed by atoms with Crippen molar-refractivity contribution in [1.82, 2.24) is 4.98 Å². The average molecular weight is 327 g/mol. The predicted molar refractivity (Wildman–Crippen MR) is 91.7 cm³/mol. The molecule has 0 radical (unpaired) electrons. The van der Waals surface area contributed by atoms with Crippen LogP contribution in [-0.2, 0) is 0 Å². The molecule has 0 unspecified atom stereocenters. The van der Waals surface area contributed by atoms with Crippen LogP contribution < -0.4 is 0 Å². The molecule has 0 atom stereocenters. The van der Waals surface area contributed by atoms with E-state index in [4.69, 9.17) is 4.42 Å². The highest BCUT2D eigenvalue weighted by Crippen LogP contribution is 2.39. The summed E-state index contributed by atoms with van der Waals surface area (Å²) in [5.74, 6) is 0.559. The first-order valence-electron chi connectivity index (χ1n) is 7.16. The Morgan fingerprint density at radius 3 is 2.45 bits per heavy atom. The van der Waals surface area contributed by atoms with Gasteiger partial charge in [0.25, 0.3) is 0 Å². The van der Waals surface area contributed by atoms with Crippen LogP contribution in [0.15, 0.2) is 85.3 Å². The van der Waals surface area contributed by atoms with E-state index in [0.717, 1.165) is 15.0 Å². The minimum atomic E-state index is 0.559.